The van der Waals surface area contributed by atoms with Crippen molar-refractivity contribution in [3.05, 3.63) is 16.0 Å². The van der Waals surface area contributed by atoms with Gasteiger partial charge >= 0.3 is 0 Å². The first-order valence-corrected chi connectivity index (χ1v) is 5.64. The van der Waals surface area contributed by atoms with Gasteiger partial charge in [-0.25, -0.2) is 4.99 Å². The van der Waals surface area contributed by atoms with Crippen LogP contribution in [-0.4, -0.2) is 25.5 Å². The summed E-state index contributed by atoms with van der Waals surface area (Å²) in [7, 11) is 0. The molecule has 3 rings (SSSR count). The molecule has 0 amide bonds. The highest BCUT2D eigenvalue weighted by Gasteiger charge is 2.19. The van der Waals surface area contributed by atoms with Gasteiger partial charge in [-0.15, -0.1) is 11.3 Å². The zero-order valence-corrected chi connectivity index (χ0v) is 8.60. The molecule has 0 aromatic carbocycles. The first kappa shape index (κ1) is 8.32. The summed E-state index contributed by atoms with van der Waals surface area (Å²) in [6.07, 6.45) is 4.99. The Morgan fingerprint density at radius 1 is 1.43 bits per heavy atom. The lowest BCUT2D eigenvalue weighted by molar-refractivity contribution is 0.654. The van der Waals surface area contributed by atoms with E-state index >= 15 is 0 Å². The molecule has 4 heteroatoms. The maximum absolute atomic E-state index is 4.43. The van der Waals surface area contributed by atoms with Gasteiger partial charge in [0.25, 0.3) is 0 Å². The second-order valence-electron chi connectivity index (χ2n) is 3.46. The van der Waals surface area contributed by atoms with E-state index in [4.69, 9.17) is 0 Å². The van der Waals surface area contributed by atoms with Crippen LogP contribution in [0.4, 0.5) is 5.00 Å². The average Bonchev–Trinajstić information content (AvgIpc) is 2.42. The smallest absolute Gasteiger partial charge is 0.125 e. The van der Waals surface area contributed by atoms with Crippen LogP contribution in [0.2, 0.25) is 0 Å². The predicted molar refractivity (Wildman–Crippen MR) is 60.3 cm³/mol. The van der Waals surface area contributed by atoms with Crippen molar-refractivity contribution >= 4 is 28.8 Å². The molecule has 1 aromatic heterocycles. The van der Waals surface area contributed by atoms with Gasteiger partial charge in [-0.1, -0.05) is 0 Å². The Labute approximate surface area is 86.6 Å². The SMILES string of the molecule is C1=NCC=Nc2sc3c(c21)CCNC3. The van der Waals surface area contributed by atoms with E-state index in [1.165, 1.54) is 16.0 Å². The molecular weight excluding hydrogens is 194 g/mol. The Bertz CT molecular complexity index is 417. The summed E-state index contributed by atoms with van der Waals surface area (Å²) in [6.45, 7) is 2.79. The van der Waals surface area contributed by atoms with Gasteiger partial charge in [0, 0.05) is 29.4 Å². The third kappa shape index (κ3) is 1.22. The minimum atomic E-state index is 0.717. The number of hydrogen-bond donors (Lipinski definition) is 1. The molecule has 2 aliphatic rings. The molecule has 1 aromatic rings. The quantitative estimate of drug-likeness (QED) is 0.685. The molecule has 14 heavy (non-hydrogen) atoms. The van der Waals surface area contributed by atoms with Crippen LogP contribution < -0.4 is 5.32 Å². The minimum absolute atomic E-state index is 0.717. The molecule has 3 nitrogen and oxygen atoms in total. The normalized spacial score (nSPS) is 18.9. The molecule has 1 N–H and O–H groups in total. The lowest BCUT2D eigenvalue weighted by atomic mass is 10.1. The van der Waals surface area contributed by atoms with Crippen LogP contribution in [0.1, 0.15) is 16.0 Å². The Morgan fingerprint density at radius 3 is 3.43 bits per heavy atom. The monoisotopic (exact) mass is 205 g/mol. The molecule has 0 bridgehead atoms. The molecule has 0 fully saturated rings. The molecule has 72 valence electrons. The van der Waals surface area contributed by atoms with Crippen molar-refractivity contribution in [2.24, 2.45) is 9.98 Å². The number of fused-ring (bicyclic) bond motifs is 3. The summed E-state index contributed by atoms with van der Waals surface area (Å²) < 4.78 is 0. The largest absolute Gasteiger partial charge is 0.312 e. The van der Waals surface area contributed by atoms with Crippen molar-refractivity contribution < 1.29 is 0 Å². The summed E-state index contributed by atoms with van der Waals surface area (Å²) in [5, 5.41) is 4.52. The first-order valence-electron chi connectivity index (χ1n) is 4.83. The van der Waals surface area contributed by atoms with Crippen LogP contribution in [-0.2, 0) is 13.0 Å². The third-order valence-corrected chi connectivity index (χ3v) is 3.72. The fourth-order valence-electron chi connectivity index (χ4n) is 1.89. The number of rotatable bonds is 0. The van der Waals surface area contributed by atoms with E-state index in [9.17, 15) is 0 Å². The molecular formula is C10H11N3S. The lowest BCUT2D eigenvalue weighted by Gasteiger charge is -2.12. The fourth-order valence-corrected chi connectivity index (χ4v) is 3.04. The van der Waals surface area contributed by atoms with Gasteiger partial charge in [0.1, 0.15) is 5.00 Å². The van der Waals surface area contributed by atoms with E-state index in [1.807, 2.05) is 12.4 Å². The van der Waals surface area contributed by atoms with Gasteiger partial charge in [0.15, 0.2) is 0 Å². The fraction of sp³-hybridized carbons (Fsp3) is 0.400. The molecule has 0 aliphatic carbocycles. The summed E-state index contributed by atoms with van der Waals surface area (Å²) >= 11 is 1.80. The zero-order valence-electron chi connectivity index (χ0n) is 7.79. The van der Waals surface area contributed by atoms with Crippen LogP contribution in [0.5, 0.6) is 0 Å². The number of thiophene rings is 1. The maximum Gasteiger partial charge on any atom is 0.125 e. The summed E-state index contributed by atoms with van der Waals surface area (Å²) in [4.78, 5) is 10.2. The van der Waals surface area contributed by atoms with Gasteiger partial charge in [0.2, 0.25) is 0 Å². The Hall–Kier alpha value is -1.00. The second-order valence-corrected chi connectivity index (χ2v) is 4.54. The van der Waals surface area contributed by atoms with Gasteiger partial charge in [-0.3, -0.25) is 4.99 Å². The van der Waals surface area contributed by atoms with Crippen LogP contribution in [0, 0.1) is 0 Å². The Morgan fingerprint density at radius 2 is 2.43 bits per heavy atom. The van der Waals surface area contributed by atoms with Crippen LogP contribution in [0.25, 0.3) is 0 Å². The predicted octanol–water partition coefficient (Wildman–Crippen LogP) is 1.53. The van der Waals surface area contributed by atoms with Crippen LogP contribution >= 0.6 is 11.3 Å². The average molecular weight is 205 g/mol. The highest BCUT2D eigenvalue weighted by molar-refractivity contribution is 7.16. The van der Waals surface area contributed by atoms with Crippen molar-refractivity contribution in [3.8, 4) is 0 Å². The minimum Gasteiger partial charge on any atom is -0.312 e. The summed E-state index contributed by atoms with van der Waals surface area (Å²) in [5.74, 6) is 0. The first-order chi connectivity index (χ1) is 6.95. The highest BCUT2D eigenvalue weighted by Crippen LogP contribution is 2.36. The van der Waals surface area contributed by atoms with Crippen molar-refractivity contribution in [3.63, 3.8) is 0 Å². The van der Waals surface area contributed by atoms with E-state index in [0.717, 1.165) is 24.5 Å². The highest BCUT2D eigenvalue weighted by atomic mass is 32.1. The van der Waals surface area contributed by atoms with E-state index in [-0.39, 0.29) is 0 Å². The zero-order chi connectivity index (χ0) is 9.38. The molecule has 0 unspecified atom stereocenters. The molecule has 3 heterocycles. The molecule has 0 atom stereocenters. The van der Waals surface area contributed by atoms with E-state index in [2.05, 4.69) is 15.3 Å². The van der Waals surface area contributed by atoms with Gasteiger partial charge in [-0.05, 0) is 18.5 Å². The Balaban J connectivity index is 2.18. The van der Waals surface area contributed by atoms with E-state index < -0.39 is 0 Å². The van der Waals surface area contributed by atoms with Gasteiger partial charge in [-0.2, -0.15) is 0 Å². The third-order valence-electron chi connectivity index (χ3n) is 2.57. The summed E-state index contributed by atoms with van der Waals surface area (Å²) in [5.41, 5.74) is 2.73. The Kier molecular flexibility index (Phi) is 1.96. The van der Waals surface area contributed by atoms with Crippen molar-refractivity contribution in [2.75, 3.05) is 13.1 Å². The molecule has 0 spiro atoms. The van der Waals surface area contributed by atoms with Crippen LogP contribution in [0.3, 0.4) is 0 Å². The van der Waals surface area contributed by atoms with Gasteiger partial charge in [0.05, 0.1) is 6.54 Å². The van der Waals surface area contributed by atoms with Crippen molar-refractivity contribution in [1.82, 2.24) is 5.32 Å². The van der Waals surface area contributed by atoms with Crippen molar-refractivity contribution in [2.45, 2.75) is 13.0 Å². The van der Waals surface area contributed by atoms with Crippen LogP contribution in [0.15, 0.2) is 9.98 Å². The molecule has 0 saturated heterocycles. The van der Waals surface area contributed by atoms with Crippen molar-refractivity contribution in [1.29, 1.82) is 0 Å². The topological polar surface area (TPSA) is 36.8 Å². The lowest BCUT2D eigenvalue weighted by Crippen LogP contribution is -2.22. The number of nitrogens with one attached hydrogen (secondary N) is 1. The van der Waals surface area contributed by atoms with Gasteiger partial charge < -0.3 is 5.32 Å². The molecule has 0 radical (unpaired) electrons. The van der Waals surface area contributed by atoms with E-state index in [0.29, 0.717) is 6.54 Å². The second kappa shape index (κ2) is 3.29. The summed E-state index contributed by atoms with van der Waals surface area (Å²) in [6, 6.07) is 0. The maximum atomic E-state index is 4.43. The van der Waals surface area contributed by atoms with E-state index in [1.54, 1.807) is 11.3 Å². The number of aliphatic imine (C=N–C) groups is 2. The number of hydrogen-bond acceptors (Lipinski definition) is 4. The molecule has 0 saturated carbocycles. The number of nitrogens with zero attached hydrogens (tertiary/aromatic N) is 2. The standard InChI is InChI=1S/C10H11N3S/c1-2-11-6-9-7(1)8-5-12-3-4-13-10(8)14-9/h4-5,11H,1-3,6H2. The molecule has 2 aliphatic heterocycles.